The van der Waals surface area contributed by atoms with E-state index < -0.39 is 0 Å². The van der Waals surface area contributed by atoms with Crippen molar-refractivity contribution in [1.82, 2.24) is 15.5 Å². The average molecular weight is 274 g/mol. The summed E-state index contributed by atoms with van der Waals surface area (Å²) in [5.74, 6) is 0.612. The summed E-state index contributed by atoms with van der Waals surface area (Å²) in [6.45, 7) is 9.70. The molecule has 108 valence electrons. The fraction of sp³-hybridized carbons (Fsp3) is 0.467. The van der Waals surface area contributed by atoms with Gasteiger partial charge in [0.15, 0.2) is 0 Å². The third-order valence-corrected chi connectivity index (χ3v) is 3.07. The Hall–Kier alpha value is -1.88. The van der Waals surface area contributed by atoms with Gasteiger partial charge in [0.2, 0.25) is 5.89 Å². The number of para-hydroxylation sites is 1. The van der Waals surface area contributed by atoms with Crippen molar-refractivity contribution in [2.24, 2.45) is 0 Å². The van der Waals surface area contributed by atoms with Crippen LogP contribution in [0.15, 0.2) is 28.7 Å². The molecule has 1 aromatic heterocycles. The summed E-state index contributed by atoms with van der Waals surface area (Å²) < 4.78 is 5.74. The van der Waals surface area contributed by atoms with E-state index in [2.05, 4.69) is 55.3 Å². The molecule has 0 aliphatic heterocycles. The quantitative estimate of drug-likeness (QED) is 0.877. The molecule has 0 radical (unpaired) electrons. The summed E-state index contributed by atoms with van der Waals surface area (Å²) in [4.78, 5) is 2.03. The van der Waals surface area contributed by atoms with Gasteiger partial charge >= 0.3 is 6.01 Å². The molecule has 0 saturated carbocycles. The largest absolute Gasteiger partial charge is 0.406 e. The molecule has 2 aromatic rings. The summed E-state index contributed by atoms with van der Waals surface area (Å²) >= 11 is 0. The minimum atomic E-state index is 0.393. The number of nitrogens with zero attached hydrogens (tertiary/aromatic N) is 3. The van der Waals surface area contributed by atoms with E-state index in [0.717, 1.165) is 12.2 Å². The zero-order chi connectivity index (χ0) is 14.5. The molecule has 0 aliphatic rings. The standard InChI is InChI=1S/C15H22N4O/c1-5-19(13-9-7-6-8-12(13)4)15-18-17-14(20-15)10-16-11(2)3/h6-9,11,16H,5,10H2,1-4H3. The Morgan fingerprint density at radius 3 is 2.65 bits per heavy atom. The lowest BCUT2D eigenvalue weighted by molar-refractivity contribution is 0.453. The maximum atomic E-state index is 5.74. The molecule has 0 aliphatic carbocycles. The maximum Gasteiger partial charge on any atom is 0.322 e. The molecule has 0 amide bonds. The van der Waals surface area contributed by atoms with Crippen LogP contribution in [0.2, 0.25) is 0 Å². The summed E-state index contributed by atoms with van der Waals surface area (Å²) in [6.07, 6.45) is 0. The van der Waals surface area contributed by atoms with Gasteiger partial charge in [0.1, 0.15) is 0 Å². The third kappa shape index (κ3) is 3.36. The number of aryl methyl sites for hydroxylation is 1. The molecule has 2 rings (SSSR count). The van der Waals surface area contributed by atoms with Gasteiger partial charge < -0.3 is 9.73 Å². The van der Waals surface area contributed by atoms with Crippen molar-refractivity contribution in [3.63, 3.8) is 0 Å². The predicted octanol–water partition coefficient (Wildman–Crippen LogP) is 3.03. The fourth-order valence-corrected chi connectivity index (χ4v) is 1.99. The molecule has 20 heavy (non-hydrogen) atoms. The molecule has 1 heterocycles. The molecule has 0 fully saturated rings. The Kier molecular flexibility index (Phi) is 4.74. The molecule has 5 nitrogen and oxygen atoms in total. The molecular weight excluding hydrogens is 252 g/mol. The highest BCUT2D eigenvalue weighted by molar-refractivity contribution is 5.60. The van der Waals surface area contributed by atoms with E-state index in [1.165, 1.54) is 5.56 Å². The second-order valence-corrected chi connectivity index (χ2v) is 5.04. The Bertz CT molecular complexity index is 550. The fourth-order valence-electron chi connectivity index (χ4n) is 1.99. The molecule has 0 unspecified atom stereocenters. The van der Waals surface area contributed by atoms with E-state index >= 15 is 0 Å². The second kappa shape index (κ2) is 6.52. The molecule has 0 bridgehead atoms. The van der Waals surface area contributed by atoms with Crippen molar-refractivity contribution < 1.29 is 4.42 Å². The van der Waals surface area contributed by atoms with Gasteiger partial charge in [0.05, 0.1) is 6.54 Å². The van der Waals surface area contributed by atoms with Crippen LogP contribution in [-0.4, -0.2) is 22.8 Å². The van der Waals surface area contributed by atoms with Crippen LogP contribution in [-0.2, 0) is 6.54 Å². The number of hydrogen-bond donors (Lipinski definition) is 1. The highest BCUT2D eigenvalue weighted by Crippen LogP contribution is 2.26. The third-order valence-electron chi connectivity index (χ3n) is 3.07. The smallest absolute Gasteiger partial charge is 0.322 e. The molecule has 0 saturated heterocycles. The zero-order valence-electron chi connectivity index (χ0n) is 12.6. The van der Waals surface area contributed by atoms with Crippen molar-refractivity contribution in [2.45, 2.75) is 40.3 Å². The number of aromatic nitrogens is 2. The van der Waals surface area contributed by atoms with Gasteiger partial charge in [0, 0.05) is 18.3 Å². The van der Waals surface area contributed by atoms with Crippen LogP contribution in [0.1, 0.15) is 32.2 Å². The van der Waals surface area contributed by atoms with Crippen molar-refractivity contribution in [3.8, 4) is 0 Å². The molecular formula is C15H22N4O. The van der Waals surface area contributed by atoms with Crippen molar-refractivity contribution in [1.29, 1.82) is 0 Å². The number of rotatable bonds is 6. The van der Waals surface area contributed by atoms with E-state index in [-0.39, 0.29) is 0 Å². The summed E-state index contributed by atoms with van der Waals surface area (Å²) in [7, 11) is 0. The van der Waals surface area contributed by atoms with Gasteiger partial charge in [-0.15, -0.1) is 5.10 Å². The second-order valence-electron chi connectivity index (χ2n) is 5.04. The normalized spacial score (nSPS) is 11.1. The van der Waals surface area contributed by atoms with Gasteiger partial charge in [-0.25, -0.2) is 0 Å². The molecule has 5 heteroatoms. The average Bonchev–Trinajstić information content (AvgIpc) is 2.88. The topological polar surface area (TPSA) is 54.2 Å². The summed E-state index contributed by atoms with van der Waals surface area (Å²) in [6, 6.07) is 9.12. The van der Waals surface area contributed by atoms with Gasteiger partial charge in [0.25, 0.3) is 0 Å². The van der Waals surface area contributed by atoms with E-state index in [4.69, 9.17) is 4.42 Å². The lowest BCUT2D eigenvalue weighted by atomic mass is 10.2. The Balaban J connectivity index is 2.18. The van der Waals surface area contributed by atoms with E-state index in [0.29, 0.717) is 24.5 Å². The Morgan fingerprint density at radius 2 is 2.00 bits per heavy atom. The van der Waals surface area contributed by atoms with Crippen molar-refractivity contribution >= 4 is 11.7 Å². The van der Waals surface area contributed by atoms with E-state index in [1.807, 2.05) is 17.0 Å². The SMILES string of the molecule is CCN(c1nnc(CNC(C)C)o1)c1ccccc1C. The maximum absolute atomic E-state index is 5.74. The van der Waals surface area contributed by atoms with Crippen LogP contribution in [0.5, 0.6) is 0 Å². The van der Waals surface area contributed by atoms with Crippen LogP contribution in [0.4, 0.5) is 11.7 Å². The van der Waals surface area contributed by atoms with Gasteiger partial charge in [-0.2, -0.15) is 0 Å². The van der Waals surface area contributed by atoms with Gasteiger partial charge in [-0.05, 0) is 25.5 Å². The van der Waals surface area contributed by atoms with E-state index in [9.17, 15) is 0 Å². The predicted molar refractivity (Wildman–Crippen MR) is 80.1 cm³/mol. The number of benzene rings is 1. The first-order valence-corrected chi connectivity index (χ1v) is 7.00. The van der Waals surface area contributed by atoms with Crippen LogP contribution < -0.4 is 10.2 Å². The first-order chi connectivity index (χ1) is 9.61. The Labute approximate surface area is 120 Å². The summed E-state index contributed by atoms with van der Waals surface area (Å²) in [5, 5.41) is 11.5. The van der Waals surface area contributed by atoms with E-state index in [1.54, 1.807) is 0 Å². The highest BCUT2D eigenvalue weighted by atomic mass is 16.4. The lowest BCUT2D eigenvalue weighted by Crippen LogP contribution is -2.22. The van der Waals surface area contributed by atoms with Crippen LogP contribution in [0.3, 0.4) is 0 Å². The molecule has 0 spiro atoms. The summed E-state index contributed by atoms with van der Waals surface area (Å²) in [5.41, 5.74) is 2.29. The zero-order valence-corrected chi connectivity index (χ0v) is 12.6. The van der Waals surface area contributed by atoms with Gasteiger partial charge in [-0.3, -0.25) is 4.90 Å². The first kappa shape index (κ1) is 14.5. The molecule has 1 aromatic carbocycles. The van der Waals surface area contributed by atoms with Crippen LogP contribution in [0.25, 0.3) is 0 Å². The molecule has 1 N–H and O–H groups in total. The lowest BCUT2D eigenvalue weighted by Gasteiger charge is -2.20. The highest BCUT2D eigenvalue weighted by Gasteiger charge is 2.16. The van der Waals surface area contributed by atoms with Gasteiger partial charge in [-0.1, -0.05) is 37.1 Å². The first-order valence-electron chi connectivity index (χ1n) is 7.00. The van der Waals surface area contributed by atoms with Crippen LogP contribution in [0, 0.1) is 6.92 Å². The monoisotopic (exact) mass is 274 g/mol. The minimum Gasteiger partial charge on any atom is -0.406 e. The van der Waals surface area contributed by atoms with Crippen LogP contribution >= 0.6 is 0 Å². The van der Waals surface area contributed by atoms with Crippen molar-refractivity contribution in [2.75, 3.05) is 11.4 Å². The Morgan fingerprint density at radius 1 is 1.25 bits per heavy atom. The van der Waals surface area contributed by atoms with Crippen molar-refractivity contribution in [3.05, 3.63) is 35.7 Å². The molecule has 0 atom stereocenters. The number of hydrogen-bond acceptors (Lipinski definition) is 5. The minimum absolute atomic E-state index is 0.393. The number of anilines is 2. The number of nitrogens with one attached hydrogen (secondary N) is 1.